The van der Waals surface area contributed by atoms with Crippen LogP contribution in [0.25, 0.3) is 10.2 Å². The molecule has 1 unspecified atom stereocenters. The van der Waals surface area contributed by atoms with E-state index in [2.05, 4.69) is 59.0 Å². The van der Waals surface area contributed by atoms with Crippen LogP contribution in [-0.4, -0.2) is 12.0 Å². The van der Waals surface area contributed by atoms with E-state index in [9.17, 15) is 0 Å². The molecular formula is C17H18N2S. The number of benzene rings is 1. The Hall–Kier alpha value is -1.71. The van der Waals surface area contributed by atoms with Gasteiger partial charge in [-0.2, -0.15) is 0 Å². The maximum atomic E-state index is 4.54. The first-order valence-corrected chi connectivity index (χ1v) is 7.70. The largest absolute Gasteiger partial charge is 0.313 e. The van der Waals surface area contributed by atoms with Crippen LogP contribution in [-0.2, 0) is 6.42 Å². The topological polar surface area (TPSA) is 24.9 Å². The first kappa shape index (κ1) is 13.3. The second-order valence-electron chi connectivity index (χ2n) is 5.11. The minimum Gasteiger partial charge on any atom is -0.313 e. The quantitative estimate of drug-likeness (QED) is 0.779. The average molecular weight is 282 g/mol. The molecule has 0 bridgehead atoms. The molecular weight excluding hydrogens is 264 g/mol. The van der Waals surface area contributed by atoms with E-state index < -0.39 is 0 Å². The highest BCUT2D eigenvalue weighted by atomic mass is 32.1. The Kier molecular flexibility index (Phi) is 3.81. The van der Waals surface area contributed by atoms with Gasteiger partial charge in [0.1, 0.15) is 0 Å². The third-order valence-electron chi connectivity index (χ3n) is 3.60. The molecule has 1 aromatic carbocycles. The summed E-state index contributed by atoms with van der Waals surface area (Å²) in [6.07, 6.45) is 2.97. The maximum absolute atomic E-state index is 4.54. The molecule has 2 nitrogen and oxygen atoms in total. The molecule has 0 saturated carbocycles. The third-order valence-corrected chi connectivity index (χ3v) is 4.45. The first-order valence-electron chi connectivity index (χ1n) is 6.82. The highest BCUT2D eigenvalue weighted by molar-refractivity contribution is 7.17. The van der Waals surface area contributed by atoms with Crippen LogP contribution in [0.1, 0.15) is 22.7 Å². The van der Waals surface area contributed by atoms with Gasteiger partial charge in [0.05, 0.1) is 10.2 Å². The van der Waals surface area contributed by atoms with Crippen LogP contribution in [0, 0.1) is 6.92 Å². The number of likely N-dealkylation sites (N-methyl/N-ethyl adjacent to an activating group) is 1. The van der Waals surface area contributed by atoms with Crippen molar-refractivity contribution in [2.24, 2.45) is 0 Å². The number of aromatic nitrogens is 1. The summed E-state index contributed by atoms with van der Waals surface area (Å²) in [6.45, 7) is 2.14. The molecule has 3 rings (SSSR count). The lowest BCUT2D eigenvalue weighted by Crippen LogP contribution is -2.19. The van der Waals surface area contributed by atoms with Crippen LogP contribution in [0.15, 0.2) is 48.0 Å². The van der Waals surface area contributed by atoms with Crippen molar-refractivity contribution in [2.45, 2.75) is 19.4 Å². The van der Waals surface area contributed by atoms with E-state index in [1.807, 2.05) is 13.2 Å². The van der Waals surface area contributed by atoms with E-state index >= 15 is 0 Å². The van der Waals surface area contributed by atoms with E-state index in [0.29, 0.717) is 6.04 Å². The molecule has 0 aliphatic carbocycles. The normalized spacial score (nSPS) is 12.7. The van der Waals surface area contributed by atoms with Crippen molar-refractivity contribution in [3.8, 4) is 0 Å². The summed E-state index contributed by atoms with van der Waals surface area (Å²) in [4.78, 5) is 4.54. The van der Waals surface area contributed by atoms with E-state index in [4.69, 9.17) is 0 Å². The van der Waals surface area contributed by atoms with Crippen LogP contribution >= 0.6 is 11.3 Å². The van der Waals surface area contributed by atoms with Crippen LogP contribution in [0.2, 0.25) is 0 Å². The van der Waals surface area contributed by atoms with Gasteiger partial charge in [0.15, 0.2) is 0 Å². The molecule has 20 heavy (non-hydrogen) atoms. The molecule has 2 heterocycles. The molecule has 1 N–H and O–H groups in total. The minimum absolute atomic E-state index is 0.302. The van der Waals surface area contributed by atoms with Gasteiger partial charge < -0.3 is 5.32 Å². The summed E-state index contributed by atoms with van der Waals surface area (Å²) in [5.41, 5.74) is 5.01. The number of rotatable bonds is 4. The van der Waals surface area contributed by atoms with Crippen molar-refractivity contribution in [1.82, 2.24) is 10.3 Å². The minimum atomic E-state index is 0.302. The number of hydrogen-bond acceptors (Lipinski definition) is 3. The van der Waals surface area contributed by atoms with Gasteiger partial charge >= 0.3 is 0 Å². The van der Waals surface area contributed by atoms with Gasteiger partial charge in [-0.25, -0.2) is 0 Å². The standard InChI is InChI=1S/C17H18N2S/c1-12-4-3-5-13(8-12)9-16(18-2)14-10-17-15(19-11-14)6-7-20-17/h3-8,10-11,16,18H,9H2,1-2H3. The number of aryl methyl sites for hydroxylation is 1. The Morgan fingerprint density at radius 1 is 1.25 bits per heavy atom. The zero-order valence-electron chi connectivity index (χ0n) is 11.8. The van der Waals surface area contributed by atoms with Crippen molar-refractivity contribution in [3.05, 3.63) is 64.7 Å². The van der Waals surface area contributed by atoms with Gasteiger partial charge in [-0.3, -0.25) is 4.98 Å². The number of fused-ring (bicyclic) bond motifs is 1. The van der Waals surface area contributed by atoms with Crippen molar-refractivity contribution in [3.63, 3.8) is 0 Å². The maximum Gasteiger partial charge on any atom is 0.0809 e. The van der Waals surface area contributed by atoms with Crippen molar-refractivity contribution < 1.29 is 0 Å². The molecule has 0 fully saturated rings. The summed E-state index contributed by atoms with van der Waals surface area (Å²) < 4.78 is 1.26. The summed E-state index contributed by atoms with van der Waals surface area (Å²) in [6, 6.07) is 13.3. The van der Waals surface area contributed by atoms with Crippen molar-refractivity contribution in [2.75, 3.05) is 7.05 Å². The van der Waals surface area contributed by atoms with Gasteiger partial charge in [-0.1, -0.05) is 29.8 Å². The summed E-state index contributed by atoms with van der Waals surface area (Å²) in [5, 5.41) is 5.50. The summed E-state index contributed by atoms with van der Waals surface area (Å²) in [5.74, 6) is 0. The summed E-state index contributed by atoms with van der Waals surface area (Å²) >= 11 is 1.75. The fraction of sp³-hybridized carbons (Fsp3) is 0.235. The van der Waals surface area contributed by atoms with Crippen molar-refractivity contribution in [1.29, 1.82) is 0 Å². The smallest absolute Gasteiger partial charge is 0.0809 e. The van der Waals surface area contributed by atoms with Crippen LogP contribution in [0.4, 0.5) is 0 Å². The highest BCUT2D eigenvalue weighted by Gasteiger charge is 2.12. The van der Waals surface area contributed by atoms with Gasteiger partial charge in [0.25, 0.3) is 0 Å². The Morgan fingerprint density at radius 2 is 2.15 bits per heavy atom. The van der Waals surface area contributed by atoms with Gasteiger partial charge in [-0.05, 0) is 49.0 Å². The monoisotopic (exact) mass is 282 g/mol. The third kappa shape index (κ3) is 2.74. The van der Waals surface area contributed by atoms with Gasteiger partial charge in [0.2, 0.25) is 0 Å². The predicted molar refractivity (Wildman–Crippen MR) is 86.3 cm³/mol. The zero-order chi connectivity index (χ0) is 13.9. The molecule has 0 radical (unpaired) electrons. The molecule has 0 aliphatic heterocycles. The lowest BCUT2D eigenvalue weighted by Gasteiger charge is -2.17. The van der Waals surface area contributed by atoms with E-state index in [1.54, 1.807) is 11.3 Å². The molecule has 0 spiro atoms. The molecule has 3 heteroatoms. The lowest BCUT2D eigenvalue weighted by molar-refractivity contribution is 0.591. The van der Waals surface area contributed by atoms with E-state index in [0.717, 1.165) is 11.9 Å². The lowest BCUT2D eigenvalue weighted by atomic mass is 9.99. The molecule has 3 aromatic rings. The molecule has 102 valence electrons. The van der Waals surface area contributed by atoms with E-state index in [1.165, 1.54) is 21.4 Å². The fourth-order valence-corrected chi connectivity index (χ4v) is 3.30. The number of hydrogen-bond donors (Lipinski definition) is 1. The second-order valence-corrected chi connectivity index (χ2v) is 6.05. The van der Waals surface area contributed by atoms with Crippen molar-refractivity contribution >= 4 is 21.6 Å². The molecule has 0 saturated heterocycles. The Balaban J connectivity index is 1.88. The van der Waals surface area contributed by atoms with Crippen LogP contribution < -0.4 is 5.32 Å². The van der Waals surface area contributed by atoms with Gasteiger partial charge in [0, 0.05) is 12.2 Å². The predicted octanol–water partition coefficient (Wildman–Crippen LogP) is 4.11. The molecule has 2 aromatic heterocycles. The number of nitrogens with zero attached hydrogens (tertiary/aromatic N) is 1. The average Bonchev–Trinajstić information content (AvgIpc) is 2.92. The Bertz CT molecular complexity index is 718. The van der Waals surface area contributed by atoms with Crippen LogP contribution in [0.3, 0.4) is 0 Å². The number of thiophene rings is 1. The fourth-order valence-electron chi connectivity index (χ4n) is 2.51. The van der Waals surface area contributed by atoms with E-state index in [-0.39, 0.29) is 0 Å². The molecule has 0 aliphatic rings. The SMILES string of the molecule is CNC(Cc1cccc(C)c1)c1cnc2ccsc2c1. The Labute approximate surface area is 123 Å². The molecule has 1 atom stereocenters. The summed E-state index contributed by atoms with van der Waals surface area (Å²) in [7, 11) is 2.01. The number of pyridine rings is 1. The highest BCUT2D eigenvalue weighted by Crippen LogP contribution is 2.24. The number of nitrogens with one attached hydrogen (secondary N) is 1. The first-order chi connectivity index (χ1) is 9.76. The zero-order valence-corrected chi connectivity index (χ0v) is 12.6. The second kappa shape index (κ2) is 5.73. The molecule has 0 amide bonds. The Morgan fingerprint density at radius 3 is 2.95 bits per heavy atom. The van der Waals surface area contributed by atoms with Crippen LogP contribution in [0.5, 0.6) is 0 Å². The van der Waals surface area contributed by atoms with Gasteiger partial charge in [-0.15, -0.1) is 11.3 Å².